The molecular weight excluding hydrogens is 242 g/mol. The van der Waals surface area contributed by atoms with Gasteiger partial charge in [-0.1, -0.05) is 26.7 Å². The summed E-state index contributed by atoms with van der Waals surface area (Å²) >= 11 is 2.29. The van der Waals surface area contributed by atoms with Crippen LogP contribution >= 0.6 is 15.9 Å². The third-order valence-electron chi connectivity index (χ3n) is 3.18. The fourth-order valence-electron chi connectivity index (χ4n) is 2.02. The molecule has 0 spiro atoms. The van der Waals surface area contributed by atoms with Gasteiger partial charge in [-0.2, -0.15) is 8.78 Å². The Labute approximate surface area is 85.6 Å². The third-order valence-corrected chi connectivity index (χ3v) is 3.83. The lowest BCUT2D eigenvalue weighted by atomic mass is 9.65. The molecular formula is C9H15BrF2O. The summed E-state index contributed by atoms with van der Waals surface area (Å²) in [6.45, 7) is 3.39. The molecule has 1 nitrogen and oxygen atoms in total. The molecule has 0 aromatic rings. The van der Waals surface area contributed by atoms with E-state index in [9.17, 15) is 13.9 Å². The molecule has 0 saturated heterocycles. The first-order chi connectivity index (χ1) is 5.71. The molecule has 1 N–H and O–H groups in total. The molecule has 0 aromatic heterocycles. The maximum absolute atomic E-state index is 13.2. The fraction of sp³-hybridized carbons (Fsp3) is 1.00. The van der Waals surface area contributed by atoms with E-state index in [4.69, 9.17) is 0 Å². The molecule has 78 valence electrons. The van der Waals surface area contributed by atoms with Gasteiger partial charge in [-0.3, -0.25) is 0 Å². The minimum atomic E-state index is -3.19. The van der Waals surface area contributed by atoms with Gasteiger partial charge in [0.1, 0.15) is 5.60 Å². The predicted molar refractivity (Wildman–Crippen MR) is 51.1 cm³/mol. The van der Waals surface area contributed by atoms with Crippen LogP contribution in [-0.4, -0.2) is 15.5 Å². The summed E-state index contributed by atoms with van der Waals surface area (Å²) in [4.78, 5) is -3.19. The summed E-state index contributed by atoms with van der Waals surface area (Å²) in [6, 6.07) is 0. The Balaban J connectivity index is 2.98. The van der Waals surface area contributed by atoms with Gasteiger partial charge in [0.2, 0.25) is 0 Å². The second-order valence-corrected chi connectivity index (χ2v) is 5.44. The van der Waals surface area contributed by atoms with Gasteiger partial charge < -0.3 is 5.11 Å². The van der Waals surface area contributed by atoms with E-state index in [0.29, 0.717) is 12.8 Å². The third kappa shape index (κ3) is 1.75. The lowest BCUT2D eigenvalue weighted by Crippen LogP contribution is -2.56. The molecule has 0 heterocycles. The van der Waals surface area contributed by atoms with Crippen LogP contribution in [0.1, 0.15) is 39.5 Å². The zero-order valence-electron chi connectivity index (χ0n) is 7.91. The van der Waals surface area contributed by atoms with Crippen molar-refractivity contribution in [3.63, 3.8) is 0 Å². The Morgan fingerprint density at radius 3 is 2.00 bits per heavy atom. The van der Waals surface area contributed by atoms with Crippen molar-refractivity contribution in [2.45, 2.75) is 50.0 Å². The molecule has 0 aliphatic heterocycles. The zero-order chi connectivity index (χ0) is 10.3. The van der Waals surface area contributed by atoms with E-state index in [0.717, 1.165) is 6.42 Å². The number of hydrogen-bond acceptors (Lipinski definition) is 1. The molecule has 1 atom stereocenters. The molecule has 1 aliphatic carbocycles. The maximum atomic E-state index is 13.2. The van der Waals surface area contributed by atoms with Crippen molar-refractivity contribution in [3.05, 3.63) is 0 Å². The van der Waals surface area contributed by atoms with Gasteiger partial charge in [-0.25, -0.2) is 0 Å². The topological polar surface area (TPSA) is 20.2 Å². The molecule has 1 rings (SSSR count). The number of alkyl halides is 3. The smallest absolute Gasteiger partial charge is 0.329 e. The second kappa shape index (κ2) is 3.16. The monoisotopic (exact) mass is 256 g/mol. The van der Waals surface area contributed by atoms with Crippen molar-refractivity contribution in [3.8, 4) is 0 Å². The van der Waals surface area contributed by atoms with Crippen LogP contribution in [0.3, 0.4) is 0 Å². The second-order valence-electron chi connectivity index (χ2n) is 4.45. The quantitative estimate of drug-likeness (QED) is 0.714. The van der Waals surface area contributed by atoms with Crippen molar-refractivity contribution in [1.29, 1.82) is 0 Å². The molecule has 1 fully saturated rings. The highest BCUT2D eigenvalue weighted by Crippen LogP contribution is 2.53. The Kier molecular flexibility index (Phi) is 2.76. The first-order valence-electron chi connectivity index (χ1n) is 4.50. The largest absolute Gasteiger partial charge is 0.382 e. The van der Waals surface area contributed by atoms with Gasteiger partial charge in [0.15, 0.2) is 0 Å². The van der Waals surface area contributed by atoms with E-state index in [2.05, 4.69) is 15.9 Å². The molecule has 0 radical (unpaired) electrons. The lowest BCUT2D eigenvalue weighted by Gasteiger charge is -2.48. The molecule has 13 heavy (non-hydrogen) atoms. The highest BCUT2D eigenvalue weighted by atomic mass is 79.9. The first kappa shape index (κ1) is 11.4. The highest BCUT2D eigenvalue weighted by Gasteiger charge is 2.60. The first-order valence-corrected chi connectivity index (χ1v) is 5.29. The molecule has 0 amide bonds. The molecule has 0 bridgehead atoms. The van der Waals surface area contributed by atoms with E-state index in [-0.39, 0.29) is 6.42 Å². The van der Waals surface area contributed by atoms with Crippen LogP contribution in [0, 0.1) is 5.41 Å². The van der Waals surface area contributed by atoms with Crippen molar-refractivity contribution < 1.29 is 13.9 Å². The normalized spacial score (nSPS) is 34.6. The minimum absolute atomic E-state index is 0.165. The average Bonchev–Trinajstić information content (AvgIpc) is 1.93. The summed E-state index contributed by atoms with van der Waals surface area (Å²) in [6.07, 6.45) is 2.39. The van der Waals surface area contributed by atoms with Gasteiger partial charge in [-0.05, 0) is 28.8 Å². The van der Waals surface area contributed by atoms with Crippen LogP contribution in [0.5, 0.6) is 0 Å². The number of rotatable bonds is 1. The predicted octanol–water partition coefficient (Wildman–Crippen LogP) is 3.31. The number of hydrogen-bond donors (Lipinski definition) is 1. The van der Waals surface area contributed by atoms with Gasteiger partial charge >= 0.3 is 4.83 Å². The molecule has 0 aromatic carbocycles. The summed E-state index contributed by atoms with van der Waals surface area (Å²) in [5, 5.41) is 9.94. The highest BCUT2D eigenvalue weighted by molar-refractivity contribution is 9.10. The number of halogens is 3. The van der Waals surface area contributed by atoms with Crippen molar-refractivity contribution in [2.75, 3.05) is 0 Å². The van der Waals surface area contributed by atoms with E-state index in [1.54, 1.807) is 13.8 Å². The molecule has 4 heteroatoms. The zero-order valence-corrected chi connectivity index (χ0v) is 9.50. The van der Waals surface area contributed by atoms with Crippen LogP contribution in [0.15, 0.2) is 0 Å². The van der Waals surface area contributed by atoms with Gasteiger partial charge in [0, 0.05) is 5.41 Å². The van der Waals surface area contributed by atoms with Crippen molar-refractivity contribution in [1.82, 2.24) is 0 Å². The van der Waals surface area contributed by atoms with Crippen LogP contribution in [0.4, 0.5) is 8.78 Å². The van der Waals surface area contributed by atoms with Gasteiger partial charge in [-0.15, -0.1) is 0 Å². The summed E-state index contributed by atoms with van der Waals surface area (Å²) < 4.78 is 26.3. The summed E-state index contributed by atoms with van der Waals surface area (Å²) in [7, 11) is 0. The maximum Gasteiger partial charge on any atom is 0.329 e. The Morgan fingerprint density at radius 1 is 1.23 bits per heavy atom. The fourth-order valence-corrected chi connectivity index (χ4v) is 2.75. The molecule has 1 aliphatic rings. The SMILES string of the molecule is CC1(C)CCCCC1(O)C(F)(F)Br. The van der Waals surface area contributed by atoms with Crippen molar-refractivity contribution in [2.24, 2.45) is 5.41 Å². The van der Waals surface area contributed by atoms with E-state index >= 15 is 0 Å². The molecule has 1 saturated carbocycles. The van der Waals surface area contributed by atoms with Crippen molar-refractivity contribution >= 4 is 15.9 Å². The van der Waals surface area contributed by atoms with Crippen LogP contribution in [-0.2, 0) is 0 Å². The standard InChI is InChI=1S/C9H15BrF2O/c1-7(2)5-3-4-6-8(7,13)9(10,11)12/h13H,3-6H2,1-2H3. The van der Waals surface area contributed by atoms with Crippen LogP contribution < -0.4 is 0 Å². The van der Waals surface area contributed by atoms with E-state index in [1.807, 2.05) is 0 Å². The lowest BCUT2D eigenvalue weighted by molar-refractivity contribution is -0.197. The Bertz CT molecular complexity index is 200. The minimum Gasteiger partial charge on any atom is -0.382 e. The Morgan fingerprint density at radius 2 is 1.69 bits per heavy atom. The average molecular weight is 257 g/mol. The van der Waals surface area contributed by atoms with Gasteiger partial charge in [0.05, 0.1) is 0 Å². The summed E-state index contributed by atoms with van der Waals surface area (Å²) in [5.41, 5.74) is -2.63. The Hall–Kier alpha value is 0.300. The van der Waals surface area contributed by atoms with Gasteiger partial charge in [0.25, 0.3) is 0 Å². The number of aliphatic hydroxyl groups is 1. The summed E-state index contributed by atoms with van der Waals surface area (Å²) in [5.74, 6) is 0. The van der Waals surface area contributed by atoms with Crippen LogP contribution in [0.2, 0.25) is 0 Å². The van der Waals surface area contributed by atoms with Crippen LogP contribution in [0.25, 0.3) is 0 Å². The molecule has 1 unspecified atom stereocenters. The van der Waals surface area contributed by atoms with E-state index < -0.39 is 15.8 Å². The van der Waals surface area contributed by atoms with E-state index in [1.165, 1.54) is 0 Å².